The Morgan fingerprint density at radius 2 is 1.89 bits per heavy atom. The van der Waals surface area contributed by atoms with Crippen molar-refractivity contribution in [1.82, 2.24) is 0 Å². The van der Waals surface area contributed by atoms with Gasteiger partial charge in [-0.05, 0) is 44.9 Å². The van der Waals surface area contributed by atoms with Crippen molar-refractivity contribution in [1.29, 1.82) is 0 Å². The molecule has 0 spiro atoms. The highest BCUT2D eigenvalue weighted by atomic mass is 19.4. The van der Waals surface area contributed by atoms with E-state index >= 15 is 0 Å². The van der Waals surface area contributed by atoms with Crippen LogP contribution in [0.1, 0.15) is 38.3 Å². The number of rotatable bonds is 4. The lowest BCUT2D eigenvalue weighted by Crippen LogP contribution is -2.27. The Morgan fingerprint density at radius 3 is 2.43 bits per heavy atom. The molecule has 1 aromatic carbocycles. The molecule has 1 fully saturated rings. The fraction of sp³-hybridized carbons (Fsp3) is 0.579. The van der Waals surface area contributed by atoms with Crippen molar-refractivity contribution in [3.63, 3.8) is 0 Å². The van der Waals surface area contributed by atoms with Crippen molar-refractivity contribution in [2.75, 3.05) is 30.8 Å². The molecule has 0 bridgehead atoms. The van der Waals surface area contributed by atoms with Gasteiger partial charge in [0, 0.05) is 24.5 Å². The highest BCUT2D eigenvalue weighted by Gasteiger charge is 2.36. The van der Waals surface area contributed by atoms with Gasteiger partial charge >= 0.3 is 18.1 Å². The lowest BCUT2D eigenvalue weighted by atomic mass is 10.0. The third-order valence-corrected chi connectivity index (χ3v) is 4.37. The van der Waals surface area contributed by atoms with Gasteiger partial charge in [0.2, 0.25) is 0 Å². The summed E-state index contributed by atoms with van der Waals surface area (Å²) in [5.74, 6) is -1.43. The van der Waals surface area contributed by atoms with Crippen LogP contribution in [0.5, 0.6) is 0 Å². The van der Waals surface area contributed by atoms with E-state index in [1.165, 1.54) is 7.11 Å². The first-order chi connectivity index (χ1) is 12.8. The third-order valence-electron chi connectivity index (χ3n) is 4.37. The van der Waals surface area contributed by atoms with E-state index in [4.69, 9.17) is 15.2 Å². The number of ether oxygens (including phenoxy) is 2. The number of nitrogen functional groups attached to an aromatic ring is 1. The minimum atomic E-state index is -4.63. The number of hydrogen-bond acceptors (Lipinski definition) is 6. The molecule has 1 atom stereocenters. The molecule has 0 aromatic heterocycles. The third kappa shape index (κ3) is 5.30. The number of esters is 2. The van der Waals surface area contributed by atoms with Gasteiger partial charge in [-0.3, -0.25) is 9.59 Å². The van der Waals surface area contributed by atoms with E-state index in [-0.39, 0.29) is 18.7 Å². The fourth-order valence-corrected chi connectivity index (χ4v) is 3.20. The molecule has 0 amide bonds. The van der Waals surface area contributed by atoms with Gasteiger partial charge in [-0.15, -0.1) is 0 Å². The Hall–Kier alpha value is -2.45. The summed E-state index contributed by atoms with van der Waals surface area (Å²) in [5.41, 5.74) is 4.00. The number of halogens is 3. The van der Waals surface area contributed by atoms with E-state index in [0.29, 0.717) is 18.5 Å². The van der Waals surface area contributed by atoms with E-state index in [2.05, 4.69) is 0 Å². The number of carbonyl (C=O) groups is 2. The highest BCUT2D eigenvalue weighted by molar-refractivity contribution is 5.79. The SMILES string of the molecule is COC(=O)C1CCN(c2cc(C(F)(F)F)c(N)cc2CC(=O)OC(C)(C)C)C1. The molecular formula is C19H25F3N2O4. The van der Waals surface area contributed by atoms with Gasteiger partial charge in [-0.25, -0.2) is 0 Å². The Kier molecular flexibility index (Phi) is 6.15. The number of nitrogens with zero attached hydrogens (tertiary/aromatic N) is 1. The van der Waals surface area contributed by atoms with Crippen molar-refractivity contribution in [3.8, 4) is 0 Å². The molecular weight excluding hydrogens is 377 g/mol. The molecule has 28 heavy (non-hydrogen) atoms. The largest absolute Gasteiger partial charge is 0.469 e. The van der Waals surface area contributed by atoms with E-state index in [9.17, 15) is 22.8 Å². The summed E-state index contributed by atoms with van der Waals surface area (Å²) in [6.45, 7) is 5.68. The molecule has 9 heteroatoms. The molecule has 1 unspecified atom stereocenters. The van der Waals surface area contributed by atoms with E-state index < -0.39 is 40.9 Å². The second-order valence-electron chi connectivity index (χ2n) is 7.78. The van der Waals surface area contributed by atoms with Crippen LogP contribution in [0, 0.1) is 5.92 Å². The Bertz CT molecular complexity index is 757. The van der Waals surface area contributed by atoms with Crippen molar-refractivity contribution >= 4 is 23.3 Å². The molecule has 1 heterocycles. The zero-order valence-electron chi connectivity index (χ0n) is 16.4. The predicted octanol–water partition coefficient (Wildman–Crippen LogP) is 3.17. The zero-order valence-corrected chi connectivity index (χ0v) is 16.4. The summed E-state index contributed by atoms with van der Waals surface area (Å²) in [4.78, 5) is 25.6. The van der Waals surface area contributed by atoms with Crippen LogP contribution >= 0.6 is 0 Å². The monoisotopic (exact) mass is 402 g/mol. The van der Waals surface area contributed by atoms with Crippen molar-refractivity contribution < 1.29 is 32.2 Å². The molecule has 1 saturated heterocycles. The standard InChI is InChI=1S/C19H25F3N2O4/c1-18(2,3)28-16(25)8-12-7-14(23)13(19(20,21)22)9-15(12)24-6-5-11(10-24)17(26)27-4/h7,9,11H,5-6,8,10,23H2,1-4H3. The number of hydrogen-bond donors (Lipinski definition) is 1. The lowest BCUT2D eigenvalue weighted by molar-refractivity contribution is -0.154. The summed E-state index contributed by atoms with van der Waals surface area (Å²) in [6.07, 6.45) is -4.41. The molecule has 156 valence electrons. The van der Waals surface area contributed by atoms with Crippen molar-refractivity contribution in [2.45, 2.75) is 45.4 Å². The summed E-state index contributed by atoms with van der Waals surface area (Å²) >= 11 is 0. The lowest BCUT2D eigenvalue weighted by Gasteiger charge is -2.25. The van der Waals surface area contributed by atoms with Crippen LogP contribution in [0.4, 0.5) is 24.5 Å². The predicted molar refractivity (Wildman–Crippen MR) is 97.7 cm³/mol. The first kappa shape index (κ1) is 21.8. The number of carbonyl (C=O) groups excluding carboxylic acids is 2. The first-order valence-corrected chi connectivity index (χ1v) is 8.86. The number of methoxy groups -OCH3 is 1. The highest BCUT2D eigenvalue weighted by Crippen LogP contribution is 2.39. The fourth-order valence-electron chi connectivity index (χ4n) is 3.20. The smallest absolute Gasteiger partial charge is 0.418 e. The summed E-state index contributed by atoms with van der Waals surface area (Å²) in [6, 6.07) is 2.10. The van der Waals surface area contributed by atoms with Crippen LogP contribution in [-0.2, 0) is 31.7 Å². The number of alkyl halides is 3. The molecule has 1 aliphatic heterocycles. The minimum Gasteiger partial charge on any atom is -0.469 e. The van der Waals surface area contributed by atoms with Crippen LogP contribution < -0.4 is 10.6 Å². The number of nitrogens with two attached hydrogens (primary N) is 1. The normalized spacial score (nSPS) is 17.5. The van der Waals surface area contributed by atoms with Crippen LogP contribution in [0.3, 0.4) is 0 Å². The van der Waals surface area contributed by atoms with Gasteiger partial charge in [0.15, 0.2) is 0 Å². The minimum absolute atomic E-state index is 0.204. The molecule has 0 radical (unpaired) electrons. The van der Waals surface area contributed by atoms with Gasteiger partial charge in [-0.1, -0.05) is 0 Å². The van der Waals surface area contributed by atoms with Gasteiger partial charge in [-0.2, -0.15) is 13.2 Å². The van der Waals surface area contributed by atoms with Crippen molar-refractivity contribution in [2.24, 2.45) is 5.92 Å². The average Bonchev–Trinajstić information content (AvgIpc) is 3.00. The summed E-state index contributed by atoms with van der Waals surface area (Å²) in [7, 11) is 1.27. The maximum atomic E-state index is 13.3. The van der Waals surface area contributed by atoms with Gasteiger partial charge < -0.3 is 20.1 Å². The van der Waals surface area contributed by atoms with Crippen LogP contribution in [0.15, 0.2) is 12.1 Å². The second kappa shape index (κ2) is 7.89. The molecule has 1 aliphatic rings. The molecule has 6 nitrogen and oxygen atoms in total. The van der Waals surface area contributed by atoms with Gasteiger partial charge in [0.1, 0.15) is 5.60 Å². The number of benzene rings is 1. The quantitative estimate of drug-likeness (QED) is 0.615. The molecule has 2 rings (SSSR count). The van der Waals surface area contributed by atoms with Crippen LogP contribution in [0.25, 0.3) is 0 Å². The van der Waals surface area contributed by atoms with E-state index in [1.807, 2.05) is 0 Å². The Morgan fingerprint density at radius 1 is 1.25 bits per heavy atom. The molecule has 0 aliphatic carbocycles. The maximum absolute atomic E-state index is 13.3. The van der Waals surface area contributed by atoms with E-state index in [1.54, 1.807) is 25.7 Å². The van der Waals surface area contributed by atoms with Crippen molar-refractivity contribution in [3.05, 3.63) is 23.3 Å². The zero-order chi connectivity index (χ0) is 21.3. The molecule has 1 aromatic rings. The summed E-state index contributed by atoms with van der Waals surface area (Å²) in [5, 5.41) is 0. The second-order valence-corrected chi connectivity index (χ2v) is 7.78. The first-order valence-electron chi connectivity index (χ1n) is 8.86. The van der Waals surface area contributed by atoms with E-state index in [0.717, 1.165) is 12.1 Å². The topological polar surface area (TPSA) is 81.9 Å². The van der Waals surface area contributed by atoms with Crippen LogP contribution in [0.2, 0.25) is 0 Å². The average molecular weight is 402 g/mol. The summed E-state index contributed by atoms with van der Waals surface area (Å²) < 4.78 is 50.0. The molecule has 2 N–H and O–H groups in total. The van der Waals surface area contributed by atoms with Gasteiger partial charge in [0.05, 0.1) is 25.0 Å². The van der Waals surface area contributed by atoms with Crippen LogP contribution in [-0.4, -0.2) is 37.7 Å². The maximum Gasteiger partial charge on any atom is 0.418 e. The van der Waals surface area contributed by atoms with Gasteiger partial charge in [0.25, 0.3) is 0 Å². The molecule has 0 saturated carbocycles. The Labute approximate surface area is 161 Å². The Balaban J connectivity index is 2.40. The number of anilines is 2.